The highest BCUT2D eigenvalue weighted by atomic mass is 14.9. The summed E-state index contributed by atoms with van der Waals surface area (Å²) in [5.41, 5.74) is 4.20. The van der Waals surface area contributed by atoms with E-state index in [1.54, 1.807) is 5.57 Å². The average Bonchev–Trinajstić information content (AvgIpc) is 3.22. The topological polar surface area (TPSA) is 47.9 Å². The third kappa shape index (κ3) is 5.80. The largest absolute Gasteiger partial charge is 0.323 e. The van der Waals surface area contributed by atoms with E-state index >= 15 is 0 Å². The van der Waals surface area contributed by atoms with Crippen molar-refractivity contribution >= 4 is 5.71 Å². The van der Waals surface area contributed by atoms with Crippen molar-refractivity contribution in [2.45, 2.75) is 119 Å². The van der Waals surface area contributed by atoms with Crippen LogP contribution in [0.1, 0.15) is 113 Å². The molecule has 1 aliphatic heterocycles. The minimum absolute atomic E-state index is 0. The van der Waals surface area contributed by atoms with Crippen LogP contribution < -0.4 is 10.6 Å². The molecule has 1 spiro atoms. The Labute approximate surface area is 238 Å². The van der Waals surface area contributed by atoms with Crippen LogP contribution in [0.5, 0.6) is 0 Å². The summed E-state index contributed by atoms with van der Waals surface area (Å²) in [6, 6.07) is 0.829. The number of hydrogen-bond acceptors (Lipinski definition) is 3. The molecule has 5 aliphatic rings. The predicted molar refractivity (Wildman–Crippen MR) is 171 cm³/mol. The van der Waals surface area contributed by atoms with Gasteiger partial charge >= 0.3 is 0 Å². The van der Waals surface area contributed by atoms with E-state index in [0.717, 1.165) is 29.5 Å². The maximum Gasteiger partial charge on any atom is 0.00946 e. The fourth-order valence-electron chi connectivity index (χ4n) is 9.96. The Morgan fingerprint density at radius 2 is 1.74 bits per heavy atom. The zero-order chi connectivity index (χ0) is 27.9. The van der Waals surface area contributed by atoms with Gasteiger partial charge in [-0.25, -0.2) is 0 Å². The Morgan fingerprint density at radius 1 is 1.08 bits per heavy atom. The van der Waals surface area contributed by atoms with Crippen LogP contribution in [0.25, 0.3) is 0 Å². The van der Waals surface area contributed by atoms with E-state index in [2.05, 4.69) is 71.1 Å². The van der Waals surface area contributed by atoms with Crippen LogP contribution in [0.2, 0.25) is 0 Å². The van der Waals surface area contributed by atoms with Gasteiger partial charge < -0.3 is 16.0 Å². The summed E-state index contributed by atoms with van der Waals surface area (Å²) in [4.78, 5) is 0. The Bertz CT molecular complexity index is 786. The fourth-order valence-corrected chi connectivity index (χ4v) is 9.96. The van der Waals surface area contributed by atoms with Crippen LogP contribution in [-0.2, 0) is 0 Å². The van der Waals surface area contributed by atoms with Gasteiger partial charge in [-0.1, -0.05) is 72.3 Å². The first-order chi connectivity index (χ1) is 17.7. The molecule has 3 heteroatoms. The molecule has 38 heavy (non-hydrogen) atoms. The SMILES string of the molecule is C.C=C.C=C/C=C1/CCC23C4CCC(C(C)=N)C4(C)CCC2C13CCC.CCCC1NCCC1C.CNC. The summed E-state index contributed by atoms with van der Waals surface area (Å²) in [5, 5.41) is 14.6. The number of hydrogen-bond donors (Lipinski definition) is 3. The monoisotopic (exact) mass is 528 g/mol. The molecule has 3 N–H and O–H groups in total. The smallest absolute Gasteiger partial charge is 0.00946 e. The van der Waals surface area contributed by atoms with Crippen LogP contribution >= 0.6 is 0 Å². The van der Waals surface area contributed by atoms with Gasteiger partial charge in [0, 0.05) is 23.1 Å². The lowest BCUT2D eigenvalue weighted by atomic mass is 9.59. The highest BCUT2D eigenvalue weighted by Crippen LogP contribution is 2.90. The molecule has 8 unspecified atom stereocenters. The van der Waals surface area contributed by atoms with E-state index in [9.17, 15) is 0 Å². The standard InChI is InChI=1S/C22H33N.C8H17N.C2H7N.C2H4.CH4/c1-5-7-16-10-14-22-18-9-8-17(15(3)23)20(18,4)13-11-19(22)21(16,22)12-6-2;1-3-4-8-7(2)5-6-9-8;1-3-2;1-2;/h5,7,17-19,23H,1,6,8-14H2,2-4H3;7-9H,3-6H2,1-2H3;3H,1-2H3;1-2H2;1H4/b16-7-,23-15?;;;;. The van der Waals surface area contributed by atoms with Gasteiger partial charge in [-0.15, -0.1) is 13.2 Å². The molecule has 1 saturated heterocycles. The summed E-state index contributed by atoms with van der Waals surface area (Å²) in [6.07, 6.45) is 19.3. The van der Waals surface area contributed by atoms with Crippen molar-refractivity contribution in [1.82, 2.24) is 10.6 Å². The van der Waals surface area contributed by atoms with E-state index in [4.69, 9.17) is 5.41 Å². The van der Waals surface area contributed by atoms with E-state index < -0.39 is 0 Å². The maximum atomic E-state index is 8.32. The molecule has 5 rings (SSSR count). The van der Waals surface area contributed by atoms with Crippen LogP contribution in [-0.4, -0.2) is 32.4 Å². The minimum Gasteiger partial charge on any atom is -0.323 e. The van der Waals surface area contributed by atoms with Crippen molar-refractivity contribution in [2.24, 2.45) is 39.9 Å². The molecule has 0 aromatic rings. The number of fused-ring (bicyclic) bond motifs is 2. The van der Waals surface area contributed by atoms with Crippen molar-refractivity contribution in [3.8, 4) is 0 Å². The molecule has 1 heterocycles. The van der Waals surface area contributed by atoms with E-state index in [-0.39, 0.29) is 7.43 Å². The molecule has 0 aromatic carbocycles. The Kier molecular flexibility index (Phi) is 13.7. The second-order valence-corrected chi connectivity index (χ2v) is 12.8. The van der Waals surface area contributed by atoms with Crippen molar-refractivity contribution in [1.29, 1.82) is 5.41 Å². The summed E-state index contributed by atoms with van der Waals surface area (Å²) in [7, 11) is 3.75. The Balaban J connectivity index is 0.000000404. The van der Waals surface area contributed by atoms with Crippen molar-refractivity contribution in [3.63, 3.8) is 0 Å². The quantitative estimate of drug-likeness (QED) is 0.238. The second kappa shape index (κ2) is 15.0. The first kappa shape index (κ1) is 34.8. The first-order valence-corrected chi connectivity index (χ1v) is 15.4. The van der Waals surface area contributed by atoms with Crippen LogP contribution in [0.15, 0.2) is 37.5 Å². The molecule has 0 bridgehead atoms. The van der Waals surface area contributed by atoms with Gasteiger partial charge in [-0.3, -0.25) is 0 Å². The summed E-state index contributed by atoms with van der Waals surface area (Å²) in [5.74, 6) is 3.28. The highest BCUT2D eigenvalue weighted by molar-refractivity contribution is 5.82. The fraction of sp³-hybridized carbons (Fsp3) is 0.800. The van der Waals surface area contributed by atoms with E-state index in [1.807, 2.05) is 20.2 Å². The van der Waals surface area contributed by atoms with Crippen molar-refractivity contribution in [3.05, 3.63) is 37.5 Å². The minimum atomic E-state index is 0. The molecule has 3 nitrogen and oxygen atoms in total. The van der Waals surface area contributed by atoms with Gasteiger partial charge in [0.1, 0.15) is 0 Å². The third-order valence-electron chi connectivity index (χ3n) is 11.1. The van der Waals surface area contributed by atoms with Crippen LogP contribution in [0.3, 0.4) is 0 Å². The number of nitrogens with one attached hydrogen (secondary N) is 3. The van der Waals surface area contributed by atoms with Crippen LogP contribution in [0, 0.1) is 45.3 Å². The third-order valence-corrected chi connectivity index (χ3v) is 11.1. The first-order valence-electron chi connectivity index (χ1n) is 15.4. The van der Waals surface area contributed by atoms with Crippen LogP contribution in [0.4, 0.5) is 0 Å². The lowest BCUT2D eigenvalue weighted by Crippen LogP contribution is -2.40. The summed E-state index contributed by atoms with van der Waals surface area (Å²) >= 11 is 0. The average molecular weight is 528 g/mol. The molecular weight excluding hydrogens is 462 g/mol. The number of rotatable bonds is 6. The Morgan fingerprint density at radius 3 is 2.24 bits per heavy atom. The van der Waals surface area contributed by atoms with Gasteiger partial charge in [0.15, 0.2) is 0 Å². The predicted octanol–water partition coefficient (Wildman–Crippen LogP) is 9.22. The molecule has 0 aromatic heterocycles. The molecule has 220 valence electrons. The van der Waals surface area contributed by atoms with Gasteiger partial charge in [0.25, 0.3) is 0 Å². The molecule has 4 saturated carbocycles. The van der Waals surface area contributed by atoms with Gasteiger partial charge in [0.2, 0.25) is 0 Å². The zero-order valence-electron chi connectivity index (χ0n) is 25.6. The summed E-state index contributed by atoms with van der Waals surface area (Å²) < 4.78 is 0. The lowest BCUT2D eigenvalue weighted by Gasteiger charge is -2.45. The van der Waals surface area contributed by atoms with Gasteiger partial charge in [-0.2, -0.15) is 0 Å². The van der Waals surface area contributed by atoms with Gasteiger partial charge in [0.05, 0.1) is 0 Å². The molecular formula is C35H65N3. The zero-order valence-corrected chi connectivity index (χ0v) is 25.6. The molecule has 5 fully saturated rings. The summed E-state index contributed by atoms with van der Waals surface area (Å²) in [6.45, 7) is 22.8. The van der Waals surface area contributed by atoms with E-state index in [1.165, 1.54) is 77.2 Å². The molecule has 0 radical (unpaired) electrons. The van der Waals surface area contributed by atoms with E-state index in [0.29, 0.717) is 22.2 Å². The van der Waals surface area contributed by atoms with Gasteiger partial charge in [-0.05, 0) is 114 Å². The Hall–Kier alpha value is -1.19. The highest BCUT2D eigenvalue weighted by Gasteiger charge is 2.84. The molecule has 8 atom stereocenters. The normalized spacial score (nSPS) is 40.4. The lowest BCUT2D eigenvalue weighted by molar-refractivity contribution is 0.0524. The van der Waals surface area contributed by atoms with Crippen molar-refractivity contribution in [2.75, 3.05) is 20.6 Å². The van der Waals surface area contributed by atoms with Crippen molar-refractivity contribution < 1.29 is 0 Å². The second-order valence-electron chi connectivity index (χ2n) is 12.8. The maximum absolute atomic E-state index is 8.32. The molecule has 0 amide bonds. The molecule has 4 aliphatic carbocycles. The number of allylic oxidation sites excluding steroid dienone is 3.